The van der Waals surface area contributed by atoms with Crippen LogP contribution in [0.5, 0.6) is 0 Å². The van der Waals surface area contributed by atoms with E-state index in [1.165, 1.54) is 0 Å². The van der Waals surface area contributed by atoms with Gasteiger partial charge in [0.2, 0.25) is 0 Å². The van der Waals surface area contributed by atoms with Crippen LogP contribution in [0.4, 0.5) is 0 Å². The third-order valence-corrected chi connectivity index (χ3v) is 5.21. The summed E-state index contributed by atoms with van der Waals surface area (Å²) in [6, 6.07) is 29.9. The second-order valence-corrected chi connectivity index (χ2v) is 7.38. The summed E-state index contributed by atoms with van der Waals surface area (Å²) in [5, 5.41) is 7.57. The molecular formula is C26H19N5O2. The van der Waals surface area contributed by atoms with Crippen molar-refractivity contribution in [2.24, 2.45) is 0 Å². The summed E-state index contributed by atoms with van der Waals surface area (Å²) in [6.45, 7) is 0. The van der Waals surface area contributed by atoms with Gasteiger partial charge in [-0.2, -0.15) is 5.10 Å². The summed E-state index contributed by atoms with van der Waals surface area (Å²) in [4.78, 5) is 30.3. The SMILES string of the molecule is O=C(NNC(=O)c1cc(-c2ccccc2)nc2ccccc12)c1cc(-c2ccccc2)n[nH]1. The lowest BCUT2D eigenvalue weighted by molar-refractivity contribution is 0.0845. The Labute approximate surface area is 189 Å². The van der Waals surface area contributed by atoms with Crippen molar-refractivity contribution in [1.82, 2.24) is 26.0 Å². The molecule has 160 valence electrons. The first kappa shape index (κ1) is 20.1. The molecule has 2 amide bonds. The quantitative estimate of drug-likeness (QED) is 0.367. The van der Waals surface area contributed by atoms with E-state index in [0.29, 0.717) is 27.9 Å². The first-order valence-corrected chi connectivity index (χ1v) is 10.4. The summed E-state index contributed by atoms with van der Waals surface area (Å²) >= 11 is 0. The third-order valence-electron chi connectivity index (χ3n) is 5.21. The van der Waals surface area contributed by atoms with E-state index in [1.54, 1.807) is 12.1 Å². The van der Waals surface area contributed by atoms with E-state index in [1.807, 2.05) is 84.9 Å². The van der Waals surface area contributed by atoms with Crippen molar-refractivity contribution in [3.63, 3.8) is 0 Å². The Kier molecular flexibility index (Phi) is 5.35. The summed E-state index contributed by atoms with van der Waals surface area (Å²) in [5.74, 6) is -0.943. The first-order chi connectivity index (χ1) is 16.2. The Bertz CT molecular complexity index is 1450. The van der Waals surface area contributed by atoms with Crippen LogP contribution in [-0.4, -0.2) is 27.0 Å². The Morgan fingerprint density at radius 2 is 1.27 bits per heavy atom. The third kappa shape index (κ3) is 4.20. The monoisotopic (exact) mass is 433 g/mol. The van der Waals surface area contributed by atoms with Crippen LogP contribution in [-0.2, 0) is 0 Å². The number of nitrogens with one attached hydrogen (secondary N) is 3. The fourth-order valence-corrected chi connectivity index (χ4v) is 3.56. The zero-order valence-corrected chi connectivity index (χ0v) is 17.4. The molecule has 0 aliphatic rings. The van der Waals surface area contributed by atoms with Gasteiger partial charge in [0, 0.05) is 16.5 Å². The molecule has 0 aliphatic carbocycles. The van der Waals surface area contributed by atoms with Gasteiger partial charge in [-0.15, -0.1) is 0 Å². The van der Waals surface area contributed by atoms with Gasteiger partial charge < -0.3 is 0 Å². The molecule has 2 heterocycles. The Hall–Kier alpha value is -4.78. The molecule has 3 aromatic carbocycles. The van der Waals surface area contributed by atoms with Crippen LogP contribution >= 0.6 is 0 Å². The molecule has 2 aromatic heterocycles. The number of hydrogen-bond donors (Lipinski definition) is 3. The number of para-hydroxylation sites is 1. The van der Waals surface area contributed by atoms with Crippen molar-refractivity contribution in [2.75, 3.05) is 0 Å². The van der Waals surface area contributed by atoms with Gasteiger partial charge >= 0.3 is 0 Å². The molecule has 3 N–H and O–H groups in total. The Morgan fingerprint density at radius 3 is 2.00 bits per heavy atom. The highest BCUT2D eigenvalue weighted by atomic mass is 16.2. The lowest BCUT2D eigenvalue weighted by Crippen LogP contribution is -2.41. The van der Waals surface area contributed by atoms with E-state index in [0.717, 1.165) is 11.1 Å². The molecule has 0 spiro atoms. The molecule has 0 bridgehead atoms. The average Bonchev–Trinajstić information content (AvgIpc) is 3.38. The number of aromatic nitrogens is 3. The van der Waals surface area contributed by atoms with Crippen molar-refractivity contribution in [2.45, 2.75) is 0 Å². The number of amides is 2. The van der Waals surface area contributed by atoms with Crippen LogP contribution in [0.2, 0.25) is 0 Å². The summed E-state index contributed by atoms with van der Waals surface area (Å²) < 4.78 is 0. The highest BCUT2D eigenvalue weighted by molar-refractivity contribution is 6.08. The van der Waals surface area contributed by atoms with Gasteiger partial charge in [0.15, 0.2) is 0 Å². The lowest BCUT2D eigenvalue weighted by atomic mass is 10.0. The molecule has 0 saturated heterocycles. The number of hydrogen-bond acceptors (Lipinski definition) is 4. The molecular weight excluding hydrogens is 414 g/mol. The van der Waals surface area contributed by atoms with E-state index >= 15 is 0 Å². The number of carbonyl (C=O) groups excluding carboxylic acids is 2. The molecule has 5 rings (SSSR count). The van der Waals surface area contributed by atoms with Gasteiger partial charge in [0.25, 0.3) is 11.8 Å². The molecule has 0 fully saturated rings. The van der Waals surface area contributed by atoms with Crippen molar-refractivity contribution < 1.29 is 9.59 Å². The van der Waals surface area contributed by atoms with E-state index in [-0.39, 0.29) is 5.69 Å². The highest BCUT2D eigenvalue weighted by Crippen LogP contribution is 2.24. The van der Waals surface area contributed by atoms with Gasteiger partial charge in [0.1, 0.15) is 5.69 Å². The minimum atomic E-state index is -0.500. The second-order valence-electron chi connectivity index (χ2n) is 7.38. The summed E-state index contributed by atoms with van der Waals surface area (Å²) in [6.07, 6.45) is 0. The number of rotatable bonds is 4. The molecule has 7 heteroatoms. The average molecular weight is 433 g/mol. The molecule has 0 aliphatic heterocycles. The number of pyridine rings is 1. The van der Waals surface area contributed by atoms with Gasteiger partial charge in [-0.05, 0) is 18.2 Å². The molecule has 0 saturated carbocycles. The number of nitrogens with zero attached hydrogens (tertiary/aromatic N) is 2. The van der Waals surface area contributed by atoms with Crippen molar-refractivity contribution in [3.8, 4) is 22.5 Å². The number of aromatic amines is 1. The van der Waals surface area contributed by atoms with Gasteiger partial charge in [-0.1, -0.05) is 78.9 Å². The lowest BCUT2D eigenvalue weighted by Gasteiger charge is -2.11. The zero-order valence-electron chi connectivity index (χ0n) is 17.4. The molecule has 5 aromatic rings. The van der Waals surface area contributed by atoms with Crippen LogP contribution in [0.3, 0.4) is 0 Å². The predicted octanol–water partition coefficient (Wildman–Crippen LogP) is 4.37. The molecule has 0 radical (unpaired) electrons. The van der Waals surface area contributed by atoms with Crippen LogP contribution in [0, 0.1) is 0 Å². The maximum atomic E-state index is 13.0. The van der Waals surface area contributed by atoms with Crippen LogP contribution < -0.4 is 10.9 Å². The van der Waals surface area contributed by atoms with Crippen LogP contribution in [0.1, 0.15) is 20.8 Å². The number of hydrazine groups is 1. The van der Waals surface area contributed by atoms with Crippen LogP contribution in [0.25, 0.3) is 33.4 Å². The van der Waals surface area contributed by atoms with E-state index in [2.05, 4.69) is 26.0 Å². The second kappa shape index (κ2) is 8.76. The number of benzene rings is 3. The zero-order chi connectivity index (χ0) is 22.6. The topological polar surface area (TPSA) is 99.8 Å². The van der Waals surface area contributed by atoms with E-state index in [9.17, 15) is 9.59 Å². The van der Waals surface area contributed by atoms with E-state index in [4.69, 9.17) is 0 Å². The molecule has 0 unspecified atom stereocenters. The Morgan fingerprint density at radius 1 is 0.667 bits per heavy atom. The van der Waals surface area contributed by atoms with Crippen LogP contribution in [0.15, 0.2) is 97.1 Å². The fraction of sp³-hybridized carbons (Fsp3) is 0. The molecule has 7 nitrogen and oxygen atoms in total. The van der Waals surface area contributed by atoms with Crippen molar-refractivity contribution in [1.29, 1.82) is 0 Å². The fourth-order valence-electron chi connectivity index (χ4n) is 3.56. The molecule has 33 heavy (non-hydrogen) atoms. The minimum Gasteiger partial charge on any atom is -0.272 e. The van der Waals surface area contributed by atoms with E-state index < -0.39 is 11.8 Å². The Balaban J connectivity index is 1.37. The smallest absolute Gasteiger partial charge is 0.272 e. The standard InChI is InChI=1S/C26H19N5O2/c32-25(30-31-26(33)24-16-23(28-29-24)18-11-5-2-6-12-18)20-15-22(17-9-3-1-4-10-17)27-21-14-8-7-13-19(20)21/h1-16H,(H,28,29)(H,30,32)(H,31,33). The number of fused-ring (bicyclic) bond motifs is 1. The van der Waals surface area contributed by atoms with Crippen molar-refractivity contribution in [3.05, 3.63) is 108 Å². The summed E-state index contributed by atoms with van der Waals surface area (Å²) in [5.41, 5.74) is 9.39. The maximum absolute atomic E-state index is 13.0. The highest BCUT2D eigenvalue weighted by Gasteiger charge is 2.16. The van der Waals surface area contributed by atoms with Gasteiger partial charge in [-0.3, -0.25) is 25.5 Å². The normalized spacial score (nSPS) is 10.7. The predicted molar refractivity (Wildman–Crippen MR) is 126 cm³/mol. The number of carbonyl (C=O) groups is 2. The van der Waals surface area contributed by atoms with Gasteiger partial charge in [0.05, 0.1) is 22.5 Å². The number of H-pyrrole nitrogens is 1. The largest absolute Gasteiger partial charge is 0.287 e. The first-order valence-electron chi connectivity index (χ1n) is 10.4. The van der Waals surface area contributed by atoms with Crippen molar-refractivity contribution >= 4 is 22.7 Å². The maximum Gasteiger partial charge on any atom is 0.287 e. The summed E-state index contributed by atoms with van der Waals surface area (Å²) in [7, 11) is 0. The molecule has 0 atom stereocenters. The minimum absolute atomic E-state index is 0.235. The van der Waals surface area contributed by atoms with Gasteiger partial charge in [-0.25, -0.2) is 4.98 Å².